The Morgan fingerprint density at radius 3 is 3.19 bits per heavy atom. The third kappa shape index (κ3) is 2.47. The maximum Gasteiger partial charge on any atom is 0.255 e. The first kappa shape index (κ1) is 12.3. The zero-order valence-corrected chi connectivity index (χ0v) is 11.4. The zero-order chi connectivity index (χ0) is 14.1. The summed E-state index contributed by atoms with van der Waals surface area (Å²) < 4.78 is 10.8. The van der Waals surface area contributed by atoms with E-state index >= 15 is 0 Å². The third-order valence-electron chi connectivity index (χ3n) is 3.53. The van der Waals surface area contributed by atoms with Gasteiger partial charge in [-0.3, -0.25) is 0 Å². The molecule has 1 aliphatic heterocycles. The van der Waals surface area contributed by atoms with Gasteiger partial charge in [0.2, 0.25) is 0 Å². The Balaban J connectivity index is 1.43. The molecule has 1 saturated heterocycles. The van der Waals surface area contributed by atoms with Gasteiger partial charge in [0.05, 0.1) is 6.54 Å². The summed E-state index contributed by atoms with van der Waals surface area (Å²) in [5.41, 5.74) is 0.855. The molecule has 0 aliphatic carbocycles. The molecule has 0 saturated carbocycles. The summed E-state index contributed by atoms with van der Waals surface area (Å²) in [5, 5.41) is 8.24. The lowest BCUT2D eigenvalue weighted by atomic mass is 10.2. The minimum Gasteiger partial charge on any atom is -0.368 e. The number of hydrogen-bond donors (Lipinski definition) is 2. The lowest BCUT2D eigenvalue weighted by Crippen LogP contribution is -2.03. The van der Waals surface area contributed by atoms with E-state index in [0.29, 0.717) is 18.3 Å². The number of aromatic amines is 1. The fourth-order valence-corrected chi connectivity index (χ4v) is 2.44. The van der Waals surface area contributed by atoms with E-state index in [9.17, 15) is 0 Å². The average molecular weight is 285 g/mol. The summed E-state index contributed by atoms with van der Waals surface area (Å²) in [7, 11) is 0. The highest BCUT2D eigenvalue weighted by Crippen LogP contribution is 2.26. The van der Waals surface area contributed by atoms with Crippen molar-refractivity contribution >= 4 is 16.9 Å². The van der Waals surface area contributed by atoms with Crippen LogP contribution in [0.15, 0.2) is 28.9 Å². The summed E-state index contributed by atoms with van der Waals surface area (Å²) in [6.07, 6.45) is 3.81. The molecule has 3 aromatic heterocycles. The van der Waals surface area contributed by atoms with Crippen LogP contribution in [-0.2, 0) is 11.3 Å². The monoisotopic (exact) mass is 285 g/mol. The molecular weight excluding hydrogens is 270 g/mol. The molecule has 1 atom stereocenters. The Kier molecular flexibility index (Phi) is 3.04. The summed E-state index contributed by atoms with van der Waals surface area (Å²) in [4.78, 5) is 11.9. The van der Waals surface area contributed by atoms with Crippen molar-refractivity contribution in [2.24, 2.45) is 0 Å². The van der Waals surface area contributed by atoms with E-state index in [2.05, 4.69) is 25.4 Å². The number of H-pyrrole nitrogens is 1. The van der Waals surface area contributed by atoms with E-state index in [-0.39, 0.29) is 6.10 Å². The lowest BCUT2D eigenvalue weighted by molar-refractivity contribution is 0.0835. The first-order chi connectivity index (χ1) is 10.4. The van der Waals surface area contributed by atoms with Gasteiger partial charge in [-0.1, -0.05) is 5.16 Å². The van der Waals surface area contributed by atoms with Gasteiger partial charge < -0.3 is 19.6 Å². The van der Waals surface area contributed by atoms with Crippen molar-refractivity contribution in [1.82, 2.24) is 20.1 Å². The van der Waals surface area contributed by atoms with Crippen LogP contribution in [0.1, 0.15) is 30.7 Å². The number of rotatable bonds is 4. The Morgan fingerprint density at radius 2 is 2.29 bits per heavy atom. The van der Waals surface area contributed by atoms with Gasteiger partial charge in [-0.15, -0.1) is 0 Å². The predicted octanol–water partition coefficient (Wildman–Crippen LogP) is 2.41. The van der Waals surface area contributed by atoms with Crippen LogP contribution in [0.4, 0.5) is 5.82 Å². The number of aromatic nitrogens is 4. The maximum atomic E-state index is 5.52. The van der Waals surface area contributed by atoms with Crippen LogP contribution in [0.25, 0.3) is 11.0 Å². The molecule has 0 spiro atoms. The number of ether oxygens (including phenoxy) is 1. The quantitative estimate of drug-likeness (QED) is 0.765. The summed E-state index contributed by atoms with van der Waals surface area (Å²) in [6, 6.07) is 5.92. The molecule has 1 aliphatic rings. The van der Waals surface area contributed by atoms with Gasteiger partial charge in [-0.05, 0) is 31.0 Å². The van der Waals surface area contributed by atoms with Crippen LogP contribution in [0, 0.1) is 0 Å². The van der Waals surface area contributed by atoms with Gasteiger partial charge in [0, 0.05) is 18.2 Å². The van der Waals surface area contributed by atoms with E-state index in [1.54, 1.807) is 0 Å². The van der Waals surface area contributed by atoms with Crippen LogP contribution in [0.5, 0.6) is 0 Å². The van der Waals surface area contributed by atoms with Gasteiger partial charge in [-0.2, -0.15) is 4.98 Å². The molecule has 4 heterocycles. The molecule has 0 bridgehead atoms. The number of anilines is 1. The van der Waals surface area contributed by atoms with E-state index in [4.69, 9.17) is 9.26 Å². The van der Waals surface area contributed by atoms with Crippen molar-refractivity contribution in [3.63, 3.8) is 0 Å². The van der Waals surface area contributed by atoms with Gasteiger partial charge in [0.25, 0.3) is 5.89 Å². The first-order valence-electron chi connectivity index (χ1n) is 7.00. The van der Waals surface area contributed by atoms with Crippen molar-refractivity contribution in [1.29, 1.82) is 0 Å². The Hall–Kier alpha value is -2.41. The Morgan fingerprint density at radius 1 is 1.29 bits per heavy atom. The van der Waals surface area contributed by atoms with Crippen molar-refractivity contribution in [2.75, 3.05) is 11.9 Å². The van der Waals surface area contributed by atoms with E-state index < -0.39 is 0 Å². The molecular formula is C14H15N5O2. The maximum absolute atomic E-state index is 5.52. The Labute approximate surface area is 120 Å². The van der Waals surface area contributed by atoms with Crippen LogP contribution in [-0.4, -0.2) is 26.7 Å². The molecule has 2 N–H and O–H groups in total. The molecule has 1 fully saturated rings. The molecule has 0 amide bonds. The highest BCUT2D eigenvalue weighted by atomic mass is 16.5. The minimum absolute atomic E-state index is 0.0420. The highest BCUT2D eigenvalue weighted by molar-refractivity contribution is 5.77. The lowest BCUT2D eigenvalue weighted by Gasteiger charge is -2.02. The normalized spacial score (nSPS) is 18.4. The van der Waals surface area contributed by atoms with Crippen molar-refractivity contribution in [2.45, 2.75) is 25.5 Å². The van der Waals surface area contributed by atoms with Crippen molar-refractivity contribution in [3.05, 3.63) is 36.1 Å². The van der Waals surface area contributed by atoms with Crippen LogP contribution >= 0.6 is 0 Å². The van der Waals surface area contributed by atoms with E-state index in [0.717, 1.165) is 36.3 Å². The fourth-order valence-electron chi connectivity index (χ4n) is 2.44. The number of fused-ring (bicyclic) bond motifs is 1. The number of nitrogens with zero attached hydrogens (tertiary/aromatic N) is 3. The van der Waals surface area contributed by atoms with E-state index in [1.165, 1.54) is 0 Å². The predicted molar refractivity (Wildman–Crippen MR) is 75.6 cm³/mol. The molecule has 108 valence electrons. The molecule has 7 heteroatoms. The zero-order valence-electron chi connectivity index (χ0n) is 11.4. The van der Waals surface area contributed by atoms with Crippen molar-refractivity contribution in [3.8, 4) is 0 Å². The number of pyridine rings is 1. The second-order valence-corrected chi connectivity index (χ2v) is 5.02. The summed E-state index contributed by atoms with van der Waals surface area (Å²) in [6.45, 7) is 1.23. The van der Waals surface area contributed by atoms with E-state index in [1.807, 2.05) is 24.4 Å². The standard InChI is InChI=1S/C14H15N5O2/c1-2-10(20-7-1)14-18-12(19-21-14)8-16-11-4-3-9-5-6-15-13(9)17-11/h3-6,10H,1-2,7-8H2,(H2,15,16,17)/t10-/m1/s1. The molecule has 4 rings (SSSR count). The molecule has 7 nitrogen and oxygen atoms in total. The molecule has 3 aromatic rings. The average Bonchev–Trinajstić information content (AvgIpc) is 3.24. The van der Waals surface area contributed by atoms with Crippen LogP contribution in [0.2, 0.25) is 0 Å². The summed E-state index contributed by atoms with van der Waals surface area (Å²) in [5.74, 6) is 1.94. The molecule has 0 radical (unpaired) electrons. The summed E-state index contributed by atoms with van der Waals surface area (Å²) >= 11 is 0. The molecule has 0 aromatic carbocycles. The van der Waals surface area contributed by atoms with Crippen LogP contribution < -0.4 is 5.32 Å². The van der Waals surface area contributed by atoms with Crippen LogP contribution in [0.3, 0.4) is 0 Å². The third-order valence-corrected chi connectivity index (χ3v) is 3.53. The number of nitrogens with one attached hydrogen (secondary N) is 2. The second-order valence-electron chi connectivity index (χ2n) is 5.02. The smallest absolute Gasteiger partial charge is 0.255 e. The molecule has 21 heavy (non-hydrogen) atoms. The van der Waals surface area contributed by atoms with Gasteiger partial charge in [-0.25, -0.2) is 4.98 Å². The SMILES string of the molecule is c1cc2ccc(NCc3noc([C@H]4CCCO4)n3)nc2[nH]1. The first-order valence-corrected chi connectivity index (χ1v) is 7.00. The topological polar surface area (TPSA) is 88.9 Å². The van der Waals surface area contributed by atoms with Gasteiger partial charge >= 0.3 is 0 Å². The highest BCUT2D eigenvalue weighted by Gasteiger charge is 2.23. The second kappa shape index (κ2) is 5.17. The molecule has 0 unspecified atom stereocenters. The minimum atomic E-state index is -0.0420. The number of hydrogen-bond acceptors (Lipinski definition) is 6. The largest absolute Gasteiger partial charge is 0.368 e. The van der Waals surface area contributed by atoms with Crippen molar-refractivity contribution < 1.29 is 9.26 Å². The van der Waals surface area contributed by atoms with Gasteiger partial charge in [0.15, 0.2) is 5.82 Å². The fraction of sp³-hybridized carbons (Fsp3) is 0.357. The van der Waals surface area contributed by atoms with Gasteiger partial charge in [0.1, 0.15) is 17.6 Å². The Bertz CT molecular complexity index is 745.